The van der Waals surface area contributed by atoms with Gasteiger partial charge in [0.2, 0.25) is 0 Å². The Balaban J connectivity index is 2.38. The van der Waals surface area contributed by atoms with E-state index in [9.17, 15) is 0 Å². The predicted molar refractivity (Wildman–Crippen MR) is 26.8 cm³/mol. The fraction of sp³-hybridized carbons (Fsp3) is 1.00. The number of hydrogen-bond acceptors (Lipinski definition) is 1. The van der Waals surface area contributed by atoms with Gasteiger partial charge in [-0.2, -0.15) is 12.6 Å². The van der Waals surface area contributed by atoms with Crippen LogP contribution in [0.25, 0.3) is 0 Å². The van der Waals surface area contributed by atoms with Crippen molar-refractivity contribution in [1.82, 2.24) is 0 Å². The van der Waals surface area contributed by atoms with Gasteiger partial charge in [-0.1, -0.05) is 0 Å². The summed E-state index contributed by atoms with van der Waals surface area (Å²) in [7, 11) is 0. The Morgan fingerprint density at radius 1 is 1.60 bits per heavy atom. The van der Waals surface area contributed by atoms with Crippen molar-refractivity contribution in [3.05, 3.63) is 0 Å². The number of halogens is 1. The molecule has 2 heteroatoms. The van der Waals surface area contributed by atoms with Crippen LogP contribution in [0.1, 0.15) is 12.8 Å². The summed E-state index contributed by atoms with van der Waals surface area (Å²) in [6.07, 6.45) is 2.16. The van der Waals surface area contributed by atoms with E-state index in [0.717, 1.165) is 12.8 Å². The van der Waals surface area contributed by atoms with Crippen LogP contribution in [-0.2, 0) is 0 Å². The van der Waals surface area contributed by atoms with Crippen molar-refractivity contribution >= 4 is 24.2 Å². The third-order valence-corrected chi connectivity index (χ3v) is 1.49. The molecule has 0 heterocycles. The number of rotatable bonds is 0. The zero-order chi connectivity index (χ0) is 3.91. The van der Waals surface area contributed by atoms with Crippen LogP contribution in [0.4, 0.5) is 0 Å². The molecule has 0 radical (unpaired) electrons. The fourth-order valence-corrected chi connectivity index (χ4v) is 0.309. The van der Waals surface area contributed by atoms with E-state index in [1.165, 1.54) is 0 Å². The summed E-state index contributed by atoms with van der Waals surface area (Å²) in [6, 6.07) is 0. The monoisotopic (exact) mass is 108 g/mol. The van der Waals surface area contributed by atoms with Crippen LogP contribution < -0.4 is 0 Å². The normalized spacial score (nSPS) is 30.0. The third kappa shape index (κ3) is 1.02. The molecule has 0 aromatic carbocycles. The third-order valence-electron chi connectivity index (χ3n) is 0.663. The highest BCUT2D eigenvalue weighted by atomic mass is 35.5. The molecule has 0 aromatic rings. The van der Waals surface area contributed by atoms with Crippen LogP contribution in [0.15, 0.2) is 0 Å². The van der Waals surface area contributed by atoms with Crippen LogP contribution in [0, 0.1) is 0 Å². The van der Waals surface area contributed by atoms with E-state index >= 15 is 0 Å². The van der Waals surface area contributed by atoms with Gasteiger partial charge >= 0.3 is 0 Å². The standard InChI is InChI=1S/C3H5ClS/c4-3(5)1-2-3/h5H,1-2H2. The Morgan fingerprint density at radius 2 is 1.80 bits per heavy atom. The van der Waals surface area contributed by atoms with Crippen molar-refractivity contribution in [2.24, 2.45) is 0 Å². The minimum Gasteiger partial charge on any atom is -0.156 e. The minimum absolute atomic E-state index is 0.0833. The lowest BCUT2D eigenvalue weighted by Gasteiger charge is -1.82. The lowest BCUT2D eigenvalue weighted by atomic mass is 11.0. The highest BCUT2D eigenvalue weighted by Gasteiger charge is 2.35. The first-order valence-electron chi connectivity index (χ1n) is 1.62. The van der Waals surface area contributed by atoms with Gasteiger partial charge < -0.3 is 0 Å². The van der Waals surface area contributed by atoms with E-state index in [0.29, 0.717) is 0 Å². The topological polar surface area (TPSA) is 0 Å². The molecule has 0 atom stereocenters. The average molecular weight is 109 g/mol. The second-order valence-electron chi connectivity index (χ2n) is 1.42. The van der Waals surface area contributed by atoms with E-state index in [1.54, 1.807) is 0 Å². The maximum atomic E-state index is 5.51. The van der Waals surface area contributed by atoms with Gasteiger partial charge in [-0.05, 0) is 12.8 Å². The molecule has 0 aromatic heterocycles. The molecule has 0 nitrogen and oxygen atoms in total. The van der Waals surface area contributed by atoms with Crippen molar-refractivity contribution in [2.75, 3.05) is 0 Å². The second kappa shape index (κ2) is 0.824. The van der Waals surface area contributed by atoms with Crippen LogP contribution in [0.3, 0.4) is 0 Å². The largest absolute Gasteiger partial charge is 0.156 e. The molecule has 1 fully saturated rings. The van der Waals surface area contributed by atoms with Gasteiger partial charge in [0, 0.05) is 0 Å². The Kier molecular flexibility index (Phi) is 0.629. The zero-order valence-corrected chi connectivity index (χ0v) is 4.39. The smallest absolute Gasteiger partial charge is 0.0869 e. The minimum atomic E-state index is -0.0833. The van der Waals surface area contributed by atoms with Gasteiger partial charge in [-0.3, -0.25) is 0 Å². The highest BCUT2D eigenvalue weighted by Crippen LogP contribution is 2.45. The average Bonchev–Trinajstić information content (AvgIpc) is 1.76. The molecule has 1 aliphatic rings. The SMILES string of the molecule is SC1(Cl)CC1. The molecular weight excluding hydrogens is 104 g/mol. The van der Waals surface area contributed by atoms with Crippen molar-refractivity contribution in [2.45, 2.75) is 17.0 Å². The molecule has 1 saturated carbocycles. The molecule has 0 unspecified atom stereocenters. The van der Waals surface area contributed by atoms with Gasteiger partial charge in [-0.25, -0.2) is 0 Å². The van der Waals surface area contributed by atoms with Gasteiger partial charge in [0.25, 0.3) is 0 Å². The van der Waals surface area contributed by atoms with E-state index in [4.69, 9.17) is 11.6 Å². The van der Waals surface area contributed by atoms with Gasteiger partial charge in [0.15, 0.2) is 0 Å². The molecule has 0 bridgehead atoms. The molecule has 5 heavy (non-hydrogen) atoms. The number of alkyl halides is 1. The predicted octanol–water partition coefficient (Wildman–Crippen LogP) is 1.65. The molecule has 0 amide bonds. The molecule has 0 spiro atoms. The second-order valence-corrected chi connectivity index (χ2v) is 3.26. The Bertz CT molecular complexity index is 44.9. The molecule has 0 saturated heterocycles. The number of hydrogen-bond donors (Lipinski definition) is 1. The molecule has 1 rings (SSSR count). The van der Waals surface area contributed by atoms with Gasteiger partial charge in [-0.15, -0.1) is 11.6 Å². The van der Waals surface area contributed by atoms with E-state index < -0.39 is 0 Å². The Labute approximate surface area is 41.9 Å². The van der Waals surface area contributed by atoms with Crippen LogP contribution in [0.2, 0.25) is 0 Å². The zero-order valence-electron chi connectivity index (χ0n) is 2.74. The van der Waals surface area contributed by atoms with Crippen molar-refractivity contribution in [3.63, 3.8) is 0 Å². The van der Waals surface area contributed by atoms with Crippen LogP contribution in [0.5, 0.6) is 0 Å². The first-order valence-corrected chi connectivity index (χ1v) is 2.44. The van der Waals surface area contributed by atoms with Crippen molar-refractivity contribution in [3.8, 4) is 0 Å². The van der Waals surface area contributed by atoms with E-state index in [2.05, 4.69) is 12.6 Å². The fourth-order valence-electron chi connectivity index (χ4n) is 0.103. The summed E-state index contributed by atoms with van der Waals surface area (Å²) < 4.78 is -0.0833. The van der Waals surface area contributed by atoms with Crippen molar-refractivity contribution in [1.29, 1.82) is 0 Å². The molecule has 0 N–H and O–H groups in total. The van der Waals surface area contributed by atoms with Crippen LogP contribution in [-0.4, -0.2) is 4.21 Å². The molecule has 0 aliphatic heterocycles. The lowest BCUT2D eigenvalue weighted by molar-refractivity contribution is 1.40. The van der Waals surface area contributed by atoms with E-state index in [1.807, 2.05) is 0 Å². The van der Waals surface area contributed by atoms with Gasteiger partial charge in [0.1, 0.15) is 0 Å². The first-order chi connectivity index (χ1) is 2.21. The van der Waals surface area contributed by atoms with E-state index in [-0.39, 0.29) is 4.21 Å². The Morgan fingerprint density at radius 3 is 1.80 bits per heavy atom. The Hall–Kier alpha value is 0.640. The van der Waals surface area contributed by atoms with Crippen molar-refractivity contribution < 1.29 is 0 Å². The first kappa shape index (κ1) is 3.82. The molecule has 30 valence electrons. The quantitative estimate of drug-likeness (QED) is 0.354. The summed E-state index contributed by atoms with van der Waals surface area (Å²) in [6.45, 7) is 0. The van der Waals surface area contributed by atoms with Gasteiger partial charge in [0.05, 0.1) is 4.21 Å². The van der Waals surface area contributed by atoms with Crippen LogP contribution >= 0.6 is 24.2 Å². The maximum Gasteiger partial charge on any atom is 0.0869 e. The summed E-state index contributed by atoms with van der Waals surface area (Å²) in [5.74, 6) is 0. The lowest BCUT2D eigenvalue weighted by Crippen LogP contribution is -1.73. The molecular formula is C3H5ClS. The summed E-state index contributed by atoms with van der Waals surface area (Å²) >= 11 is 9.50. The summed E-state index contributed by atoms with van der Waals surface area (Å²) in [5, 5.41) is 0. The summed E-state index contributed by atoms with van der Waals surface area (Å²) in [4.78, 5) is 0. The molecule has 1 aliphatic carbocycles. The summed E-state index contributed by atoms with van der Waals surface area (Å²) in [5.41, 5.74) is 0. The maximum absolute atomic E-state index is 5.51. The number of thiol groups is 1. The highest BCUT2D eigenvalue weighted by molar-refractivity contribution is 7.83.